The monoisotopic (exact) mass is 404 g/mol. The summed E-state index contributed by atoms with van der Waals surface area (Å²) >= 11 is 18.7. The second-order valence-corrected chi connectivity index (χ2v) is 6.34. The molecular weight excluding hydrogens is 391 g/mol. The van der Waals surface area contributed by atoms with Crippen molar-refractivity contribution in [2.24, 2.45) is 0 Å². The van der Waals surface area contributed by atoms with Crippen LogP contribution < -0.4 is 15.0 Å². The zero-order chi connectivity index (χ0) is 18.6. The van der Waals surface area contributed by atoms with Crippen LogP contribution in [-0.2, 0) is 4.79 Å². The van der Waals surface area contributed by atoms with Gasteiger partial charge < -0.3 is 20.1 Å². The molecule has 0 saturated heterocycles. The molecule has 0 saturated carbocycles. The molecule has 2 N–H and O–H groups in total. The summed E-state index contributed by atoms with van der Waals surface area (Å²) in [5.41, 5.74) is 0.575. The van der Waals surface area contributed by atoms with Crippen molar-refractivity contribution in [3.8, 4) is 11.6 Å². The minimum absolute atomic E-state index is 0.0304. The normalized spacial score (nSPS) is 10.4. The van der Waals surface area contributed by atoms with Crippen molar-refractivity contribution in [1.82, 2.24) is 9.97 Å². The lowest BCUT2D eigenvalue weighted by Gasteiger charge is -2.16. The van der Waals surface area contributed by atoms with Crippen LogP contribution in [0, 0.1) is 0 Å². The first kappa shape index (κ1) is 19.4. The number of halogens is 3. The van der Waals surface area contributed by atoms with Crippen molar-refractivity contribution >= 4 is 52.3 Å². The first-order valence-electron chi connectivity index (χ1n) is 7.10. The highest BCUT2D eigenvalue weighted by Gasteiger charge is 2.17. The number of anilines is 2. The minimum Gasteiger partial charge on any atom is -0.481 e. The molecule has 0 fully saturated rings. The Morgan fingerprint density at radius 2 is 1.88 bits per heavy atom. The predicted octanol–water partition coefficient (Wildman–Crippen LogP) is 4.18. The van der Waals surface area contributed by atoms with Crippen molar-refractivity contribution in [1.29, 1.82) is 0 Å². The second-order valence-electron chi connectivity index (χ2n) is 5.15. The summed E-state index contributed by atoms with van der Waals surface area (Å²) in [6.07, 6.45) is 1.29. The summed E-state index contributed by atoms with van der Waals surface area (Å²) in [5.74, 6) is -0.0983. The molecule has 1 aromatic heterocycles. The molecule has 1 aromatic carbocycles. The minimum atomic E-state index is -0.903. The molecule has 0 aliphatic rings. The summed E-state index contributed by atoms with van der Waals surface area (Å²) < 4.78 is 5.66. The largest absolute Gasteiger partial charge is 0.481 e. The van der Waals surface area contributed by atoms with Crippen molar-refractivity contribution in [3.63, 3.8) is 0 Å². The fourth-order valence-corrected chi connectivity index (χ4v) is 2.77. The van der Waals surface area contributed by atoms with Crippen LogP contribution in [0.4, 0.5) is 11.5 Å². The van der Waals surface area contributed by atoms with Crippen LogP contribution in [0.2, 0.25) is 15.1 Å². The Kier molecular flexibility index (Phi) is 6.52. The lowest BCUT2D eigenvalue weighted by atomic mass is 10.3. The van der Waals surface area contributed by atoms with E-state index in [0.29, 0.717) is 11.5 Å². The Balaban J connectivity index is 2.23. The van der Waals surface area contributed by atoms with Gasteiger partial charge in [-0.3, -0.25) is 4.79 Å². The van der Waals surface area contributed by atoms with E-state index in [2.05, 4.69) is 15.3 Å². The van der Waals surface area contributed by atoms with Gasteiger partial charge in [-0.2, -0.15) is 4.98 Å². The van der Waals surface area contributed by atoms with E-state index in [1.54, 1.807) is 31.1 Å². The topological polar surface area (TPSA) is 87.6 Å². The first-order chi connectivity index (χ1) is 11.8. The van der Waals surface area contributed by atoms with Crippen molar-refractivity contribution in [2.75, 3.05) is 30.9 Å². The fourth-order valence-electron chi connectivity index (χ4n) is 1.90. The van der Waals surface area contributed by atoms with E-state index in [0.717, 1.165) is 0 Å². The number of carboxylic acids is 1. The molecule has 0 bridgehead atoms. The van der Waals surface area contributed by atoms with E-state index in [9.17, 15) is 4.79 Å². The smallest absolute Gasteiger partial charge is 0.305 e. The Morgan fingerprint density at radius 1 is 1.24 bits per heavy atom. The third-order valence-corrected chi connectivity index (χ3v) is 3.92. The summed E-state index contributed by atoms with van der Waals surface area (Å²) in [7, 11) is 3.57. The third-order valence-electron chi connectivity index (χ3n) is 3.03. The molecule has 134 valence electrons. The van der Waals surface area contributed by atoms with E-state index in [4.69, 9.17) is 44.6 Å². The summed E-state index contributed by atoms with van der Waals surface area (Å²) in [4.78, 5) is 20.3. The van der Waals surface area contributed by atoms with Gasteiger partial charge >= 0.3 is 5.97 Å². The molecule has 0 spiro atoms. The van der Waals surface area contributed by atoms with Crippen LogP contribution in [0.3, 0.4) is 0 Å². The van der Waals surface area contributed by atoms with Crippen LogP contribution in [0.15, 0.2) is 18.5 Å². The quantitative estimate of drug-likeness (QED) is 0.714. The zero-order valence-electron chi connectivity index (χ0n) is 13.4. The number of aliphatic carboxylic acids is 1. The zero-order valence-corrected chi connectivity index (χ0v) is 15.7. The lowest BCUT2D eigenvalue weighted by molar-refractivity contribution is -0.136. The molecule has 2 rings (SSSR count). The van der Waals surface area contributed by atoms with Gasteiger partial charge in [0.25, 0.3) is 0 Å². The molecular formula is C15H15Cl3N4O3. The molecule has 1 heterocycles. The van der Waals surface area contributed by atoms with Gasteiger partial charge in [0.05, 0.1) is 16.5 Å². The van der Waals surface area contributed by atoms with Crippen molar-refractivity contribution in [3.05, 3.63) is 33.5 Å². The number of rotatable bonds is 7. The number of hydrogen-bond donors (Lipinski definition) is 2. The number of benzene rings is 1. The number of hydrogen-bond acceptors (Lipinski definition) is 6. The average molecular weight is 406 g/mol. The van der Waals surface area contributed by atoms with Crippen LogP contribution in [-0.4, -0.2) is 41.7 Å². The molecule has 0 aliphatic carbocycles. The number of nitrogens with zero attached hydrogens (tertiary/aromatic N) is 3. The number of aromatic nitrogens is 2. The van der Waals surface area contributed by atoms with Crippen LogP contribution in [0.5, 0.6) is 11.6 Å². The van der Waals surface area contributed by atoms with Gasteiger partial charge in [0.1, 0.15) is 11.3 Å². The van der Waals surface area contributed by atoms with Crippen LogP contribution in [0.1, 0.15) is 6.42 Å². The van der Waals surface area contributed by atoms with E-state index in [1.807, 2.05) is 0 Å². The molecule has 25 heavy (non-hydrogen) atoms. The highest BCUT2D eigenvalue weighted by molar-refractivity contribution is 6.38. The Hall–Kier alpha value is -1.96. The molecule has 2 aromatic rings. The van der Waals surface area contributed by atoms with Gasteiger partial charge in [0.15, 0.2) is 11.6 Å². The van der Waals surface area contributed by atoms with Gasteiger partial charge in [-0.15, -0.1) is 0 Å². The van der Waals surface area contributed by atoms with E-state index < -0.39 is 5.97 Å². The van der Waals surface area contributed by atoms with Crippen molar-refractivity contribution < 1.29 is 14.6 Å². The third kappa shape index (κ3) is 5.01. The van der Waals surface area contributed by atoms with E-state index >= 15 is 0 Å². The molecule has 10 heteroatoms. The summed E-state index contributed by atoms with van der Waals surface area (Å²) in [6, 6.07) is 3.15. The predicted molar refractivity (Wildman–Crippen MR) is 98.6 cm³/mol. The van der Waals surface area contributed by atoms with Gasteiger partial charge in [-0.25, -0.2) is 4.98 Å². The maximum atomic E-state index is 10.5. The standard InChI is InChI=1S/C15H15Cl3N4O3/c1-22(2)14-12(18)15(21-7-20-14)25-13-9(16)5-8(6-10(13)17)19-4-3-11(23)24/h5-7,19H,3-4H2,1-2H3,(H,23,24). The fraction of sp³-hybridized carbons (Fsp3) is 0.267. The SMILES string of the molecule is CN(C)c1ncnc(Oc2c(Cl)cc(NCCC(=O)O)cc2Cl)c1Cl. The molecule has 0 atom stereocenters. The molecule has 7 nitrogen and oxygen atoms in total. The highest BCUT2D eigenvalue weighted by Crippen LogP contribution is 2.41. The molecule has 0 unspecified atom stereocenters. The number of carboxylic acid groups (broad SMARTS) is 1. The second kappa shape index (κ2) is 8.42. The maximum absolute atomic E-state index is 10.5. The first-order valence-corrected chi connectivity index (χ1v) is 8.23. The maximum Gasteiger partial charge on any atom is 0.305 e. The number of nitrogens with one attached hydrogen (secondary N) is 1. The number of carbonyl (C=O) groups is 1. The summed E-state index contributed by atoms with van der Waals surface area (Å²) in [5, 5.41) is 12.3. The lowest BCUT2D eigenvalue weighted by Crippen LogP contribution is -2.12. The molecule has 0 aliphatic heterocycles. The van der Waals surface area contributed by atoms with Gasteiger partial charge in [-0.05, 0) is 12.1 Å². The van der Waals surface area contributed by atoms with Gasteiger partial charge in [0.2, 0.25) is 5.88 Å². The van der Waals surface area contributed by atoms with E-state index in [-0.39, 0.29) is 39.7 Å². The average Bonchev–Trinajstić information content (AvgIpc) is 2.51. The number of ether oxygens (including phenoxy) is 1. The highest BCUT2D eigenvalue weighted by atomic mass is 35.5. The Bertz CT molecular complexity index is 764. The van der Waals surface area contributed by atoms with Gasteiger partial charge in [0, 0.05) is 26.3 Å². The van der Waals surface area contributed by atoms with E-state index in [1.165, 1.54) is 6.33 Å². The summed E-state index contributed by atoms with van der Waals surface area (Å²) in [6.45, 7) is 0.242. The van der Waals surface area contributed by atoms with Gasteiger partial charge in [-0.1, -0.05) is 34.8 Å². The van der Waals surface area contributed by atoms with Crippen LogP contribution >= 0.6 is 34.8 Å². The molecule has 0 radical (unpaired) electrons. The molecule has 0 amide bonds. The van der Waals surface area contributed by atoms with Crippen LogP contribution in [0.25, 0.3) is 0 Å². The Labute approximate surface area is 159 Å². The Morgan fingerprint density at radius 3 is 2.44 bits per heavy atom. The van der Waals surface area contributed by atoms with Crippen molar-refractivity contribution in [2.45, 2.75) is 6.42 Å².